The zero-order valence-electron chi connectivity index (χ0n) is 17.0. The van der Waals surface area contributed by atoms with Crippen molar-refractivity contribution in [2.75, 3.05) is 27.2 Å². The molecule has 29 heavy (non-hydrogen) atoms. The number of carbonyl (C=O) groups is 1. The number of aromatic nitrogens is 3. The Bertz CT molecular complexity index is 945. The van der Waals surface area contributed by atoms with Crippen molar-refractivity contribution >= 4 is 17.5 Å². The summed E-state index contributed by atoms with van der Waals surface area (Å²) < 4.78 is 2.23. The summed E-state index contributed by atoms with van der Waals surface area (Å²) in [5, 5.41) is 13.4. The molecule has 154 valence electrons. The smallest absolute Gasteiger partial charge is 0.242 e. The van der Waals surface area contributed by atoms with Crippen LogP contribution in [0.25, 0.3) is 5.69 Å². The quantitative estimate of drug-likeness (QED) is 0.834. The Morgan fingerprint density at radius 2 is 1.97 bits per heavy atom. The first kappa shape index (κ1) is 19.0. The van der Waals surface area contributed by atoms with Gasteiger partial charge in [0.15, 0.2) is 5.82 Å². The van der Waals surface area contributed by atoms with Crippen molar-refractivity contribution in [1.29, 1.82) is 0 Å². The molecule has 1 N–H and O–H groups in total. The van der Waals surface area contributed by atoms with E-state index in [4.69, 9.17) is 11.6 Å². The Balaban J connectivity index is 1.60. The molecule has 2 aliphatic heterocycles. The fourth-order valence-corrected chi connectivity index (χ4v) is 5.07. The molecule has 7 nitrogen and oxygen atoms in total. The van der Waals surface area contributed by atoms with E-state index in [1.54, 1.807) is 4.90 Å². The average molecular weight is 415 g/mol. The fraction of sp³-hybridized carbons (Fsp3) is 0.571. The Morgan fingerprint density at radius 1 is 1.21 bits per heavy atom. The number of halogens is 1. The first-order valence-corrected chi connectivity index (χ1v) is 10.8. The van der Waals surface area contributed by atoms with E-state index in [1.807, 2.05) is 26.2 Å². The molecule has 2 aromatic rings. The number of hydrogen-bond donors (Lipinski definition) is 1. The van der Waals surface area contributed by atoms with Crippen molar-refractivity contribution in [2.45, 2.75) is 50.2 Å². The third-order valence-corrected chi connectivity index (χ3v) is 6.80. The summed E-state index contributed by atoms with van der Waals surface area (Å²) in [7, 11) is 3.67. The molecule has 1 amide bonds. The molecule has 0 unspecified atom stereocenters. The molecule has 1 saturated heterocycles. The highest BCUT2D eigenvalue weighted by Crippen LogP contribution is 2.46. The van der Waals surface area contributed by atoms with Crippen LogP contribution in [0.2, 0.25) is 5.02 Å². The number of fused-ring (bicyclic) bond motifs is 3. The van der Waals surface area contributed by atoms with Crippen LogP contribution in [0.1, 0.15) is 48.8 Å². The summed E-state index contributed by atoms with van der Waals surface area (Å²) >= 11 is 6.37. The van der Waals surface area contributed by atoms with Crippen LogP contribution < -0.4 is 5.32 Å². The Morgan fingerprint density at radius 3 is 2.66 bits per heavy atom. The number of likely N-dealkylation sites (N-methyl/N-ethyl adjacent to an activating group) is 1. The normalized spacial score (nSPS) is 21.2. The summed E-state index contributed by atoms with van der Waals surface area (Å²) in [6, 6.07) is 6.04. The second kappa shape index (κ2) is 7.07. The highest BCUT2D eigenvalue weighted by molar-refractivity contribution is 6.30. The third kappa shape index (κ3) is 3.16. The SMILES string of the molecule is CN(C)C(=O)C1(N2Cc3cc(Cl)ccc3-n3c(nnc3C3CCNCC3)C2)CC1. The van der Waals surface area contributed by atoms with E-state index < -0.39 is 5.54 Å². The molecule has 5 rings (SSSR count). The van der Waals surface area contributed by atoms with Crippen LogP contribution in [-0.4, -0.2) is 63.2 Å². The number of hydrogen-bond acceptors (Lipinski definition) is 5. The first-order chi connectivity index (χ1) is 14.0. The lowest BCUT2D eigenvalue weighted by Gasteiger charge is -2.31. The molecular formula is C21H27ClN6O. The van der Waals surface area contributed by atoms with Gasteiger partial charge in [-0.1, -0.05) is 11.6 Å². The lowest BCUT2D eigenvalue weighted by atomic mass is 9.97. The molecular weight excluding hydrogens is 388 g/mol. The topological polar surface area (TPSA) is 66.3 Å². The van der Waals surface area contributed by atoms with Crippen molar-refractivity contribution in [1.82, 2.24) is 29.9 Å². The Hall–Kier alpha value is -1.96. The molecule has 0 atom stereocenters. The minimum atomic E-state index is -0.431. The molecule has 0 radical (unpaired) electrons. The number of benzene rings is 1. The number of nitrogens with one attached hydrogen (secondary N) is 1. The molecule has 8 heteroatoms. The molecule has 1 aliphatic carbocycles. The minimum absolute atomic E-state index is 0.174. The van der Waals surface area contributed by atoms with Gasteiger partial charge in [0, 0.05) is 31.6 Å². The van der Waals surface area contributed by atoms with Gasteiger partial charge in [0.05, 0.1) is 12.2 Å². The van der Waals surface area contributed by atoms with Gasteiger partial charge < -0.3 is 10.2 Å². The molecule has 0 spiro atoms. The van der Waals surface area contributed by atoms with E-state index in [2.05, 4.69) is 31.0 Å². The zero-order chi connectivity index (χ0) is 20.2. The first-order valence-electron chi connectivity index (χ1n) is 10.4. The number of piperidine rings is 1. The molecule has 1 aromatic carbocycles. The number of rotatable bonds is 3. The van der Waals surface area contributed by atoms with Crippen LogP contribution in [0.3, 0.4) is 0 Å². The van der Waals surface area contributed by atoms with Crippen molar-refractivity contribution in [3.8, 4) is 5.69 Å². The maximum Gasteiger partial charge on any atom is 0.242 e. The molecule has 1 saturated carbocycles. The highest BCUT2D eigenvalue weighted by Gasteiger charge is 2.56. The van der Waals surface area contributed by atoms with Crippen molar-refractivity contribution in [3.05, 3.63) is 40.4 Å². The van der Waals surface area contributed by atoms with Gasteiger partial charge in [0.2, 0.25) is 5.91 Å². The summed E-state index contributed by atoms with van der Waals surface area (Å²) in [4.78, 5) is 17.0. The maximum absolute atomic E-state index is 13.0. The summed E-state index contributed by atoms with van der Waals surface area (Å²) in [6.07, 6.45) is 3.89. The van der Waals surface area contributed by atoms with Crippen LogP contribution in [0, 0.1) is 0 Å². The van der Waals surface area contributed by atoms with Crippen molar-refractivity contribution in [3.63, 3.8) is 0 Å². The summed E-state index contributed by atoms with van der Waals surface area (Å²) in [5.74, 6) is 2.52. The van der Waals surface area contributed by atoms with Crippen molar-refractivity contribution in [2.24, 2.45) is 0 Å². The maximum atomic E-state index is 13.0. The monoisotopic (exact) mass is 414 g/mol. The second-order valence-electron chi connectivity index (χ2n) is 8.69. The van der Waals surface area contributed by atoms with Gasteiger partial charge in [0.1, 0.15) is 11.4 Å². The predicted octanol–water partition coefficient (Wildman–Crippen LogP) is 2.32. The molecule has 3 heterocycles. The standard InChI is InChI=1S/C21H27ClN6O/c1-26(2)20(29)21(7-8-21)27-12-15-11-16(22)3-4-17(15)28-18(13-27)24-25-19(28)14-5-9-23-10-6-14/h3-4,11,14,23H,5-10,12-13H2,1-2H3. The van der Waals surface area contributed by atoms with E-state index >= 15 is 0 Å². The zero-order valence-corrected chi connectivity index (χ0v) is 17.7. The van der Waals surface area contributed by atoms with Gasteiger partial charge in [-0.3, -0.25) is 14.3 Å². The highest BCUT2D eigenvalue weighted by atomic mass is 35.5. The molecule has 3 aliphatic rings. The summed E-state index contributed by atoms with van der Waals surface area (Å²) in [5.41, 5.74) is 1.79. The van der Waals surface area contributed by atoms with Gasteiger partial charge in [-0.2, -0.15) is 0 Å². The second-order valence-corrected chi connectivity index (χ2v) is 9.13. The largest absolute Gasteiger partial charge is 0.347 e. The van der Waals surface area contributed by atoms with Crippen LogP contribution in [0.4, 0.5) is 0 Å². The van der Waals surface area contributed by atoms with E-state index in [0.29, 0.717) is 24.0 Å². The Labute approximate surface area is 176 Å². The van der Waals surface area contributed by atoms with Gasteiger partial charge >= 0.3 is 0 Å². The Kier molecular flexibility index (Phi) is 4.64. The number of carbonyl (C=O) groups excluding carboxylic acids is 1. The molecule has 0 bridgehead atoms. The van der Waals surface area contributed by atoms with E-state index in [1.165, 1.54) is 0 Å². The molecule has 1 aromatic heterocycles. The lowest BCUT2D eigenvalue weighted by Crippen LogP contribution is -2.48. The van der Waals surface area contributed by atoms with E-state index in [9.17, 15) is 4.79 Å². The lowest BCUT2D eigenvalue weighted by molar-refractivity contribution is -0.136. The van der Waals surface area contributed by atoms with Crippen LogP contribution in [0.15, 0.2) is 18.2 Å². The van der Waals surface area contributed by atoms with Crippen LogP contribution in [-0.2, 0) is 17.9 Å². The third-order valence-electron chi connectivity index (χ3n) is 6.57. The van der Waals surface area contributed by atoms with Gasteiger partial charge in [-0.15, -0.1) is 10.2 Å². The van der Waals surface area contributed by atoms with Gasteiger partial charge in [-0.05, 0) is 62.5 Å². The number of amides is 1. The fourth-order valence-electron chi connectivity index (χ4n) is 4.87. The van der Waals surface area contributed by atoms with Crippen LogP contribution in [0.5, 0.6) is 0 Å². The number of nitrogens with zero attached hydrogens (tertiary/aromatic N) is 5. The van der Waals surface area contributed by atoms with E-state index in [0.717, 1.165) is 61.7 Å². The van der Waals surface area contributed by atoms with Crippen molar-refractivity contribution < 1.29 is 4.79 Å². The van der Waals surface area contributed by atoms with E-state index in [-0.39, 0.29) is 5.91 Å². The predicted molar refractivity (Wildman–Crippen MR) is 111 cm³/mol. The molecule has 2 fully saturated rings. The van der Waals surface area contributed by atoms with Gasteiger partial charge in [0.25, 0.3) is 0 Å². The summed E-state index contributed by atoms with van der Waals surface area (Å²) in [6.45, 7) is 3.31. The van der Waals surface area contributed by atoms with Gasteiger partial charge in [-0.25, -0.2) is 0 Å². The minimum Gasteiger partial charge on any atom is -0.347 e. The van der Waals surface area contributed by atoms with Crippen LogP contribution >= 0.6 is 11.6 Å². The average Bonchev–Trinajstić information content (AvgIpc) is 3.45.